The Labute approximate surface area is 120 Å². The van der Waals surface area contributed by atoms with E-state index >= 15 is 0 Å². The Morgan fingerprint density at radius 2 is 2.28 bits per heavy atom. The van der Waals surface area contributed by atoms with E-state index in [1.165, 1.54) is 0 Å². The lowest BCUT2D eigenvalue weighted by atomic mass is 10.3. The number of hydrogen-bond donors (Lipinski definition) is 1. The summed E-state index contributed by atoms with van der Waals surface area (Å²) in [6.07, 6.45) is 0.890. The molecule has 7 heteroatoms. The van der Waals surface area contributed by atoms with Crippen LogP contribution >= 0.6 is 27.7 Å². The van der Waals surface area contributed by atoms with Crippen LogP contribution in [0.4, 0.5) is 0 Å². The number of hydrogen-bond acceptors (Lipinski definition) is 4. The minimum Gasteiger partial charge on any atom is -0.496 e. The first-order chi connectivity index (χ1) is 8.53. The highest BCUT2D eigenvalue weighted by Crippen LogP contribution is 2.28. The highest BCUT2D eigenvalue weighted by atomic mass is 79.9. The summed E-state index contributed by atoms with van der Waals surface area (Å²) in [5, 5.41) is 0. The van der Waals surface area contributed by atoms with Gasteiger partial charge in [0.25, 0.3) is 0 Å². The number of methoxy groups -OCH3 is 1. The first kappa shape index (κ1) is 14.2. The normalized spacial score (nSPS) is 20.0. The zero-order valence-corrected chi connectivity index (χ0v) is 13.1. The van der Waals surface area contributed by atoms with E-state index in [-0.39, 0.29) is 10.9 Å². The van der Waals surface area contributed by atoms with Gasteiger partial charge < -0.3 is 4.74 Å². The lowest BCUT2D eigenvalue weighted by molar-refractivity contribution is 0.411. The molecule has 4 nitrogen and oxygen atoms in total. The van der Waals surface area contributed by atoms with E-state index < -0.39 is 10.0 Å². The Bertz CT molecular complexity index is 527. The van der Waals surface area contributed by atoms with E-state index in [1.54, 1.807) is 37.1 Å². The van der Waals surface area contributed by atoms with E-state index in [9.17, 15) is 8.42 Å². The van der Waals surface area contributed by atoms with Crippen LogP contribution < -0.4 is 9.46 Å². The molecule has 0 saturated carbocycles. The lowest BCUT2D eigenvalue weighted by Gasteiger charge is -2.13. The van der Waals surface area contributed by atoms with Gasteiger partial charge in [-0.3, -0.25) is 0 Å². The highest BCUT2D eigenvalue weighted by Gasteiger charge is 2.23. The number of thioether (sulfide) groups is 1. The van der Waals surface area contributed by atoms with Crippen molar-refractivity contribution in [3.05, 3.63) is 22.7 Å². The summed E-state index contributed by atoms with van der Waals surface area (Å²) in [7, 11) is -1.90. The monoisotopic (exact) mass is 351 g/mol. The van der Waals surface area contributed by atoms with Crippen molar-refractivity contribution >= 4 is 37.7 Å². The SMILES string of the molecule is COc1ccc(S(=O)(=O)NC2CCSC2)cc1Br. The standard InChI is InChI=1S/C11H14BrNO3S2/c1-16-11-3-2-9(6-10(11)12)18(14,15)13-8-4-5-17-7-8/h2-3,6,8,13H,4-5,7H2,1H3. The van der Waals surface area contributed by atoms with Gasteiger partial charge in [-0.2, -0.15) is 11.8 Å². The fourth-order valence-electron chi connectivity index (χ4n) is 1.73. The predicted octanol–water partition coefficient (Wildman–Crippen LogP) is 2.24. The van der Waals surface area contributed by atoms with Crippen molar-refractivity contribution in [3.8, 4) is 5.75 Å². The maximum atomic E-state index is 12.2. The maximum Gasteiger partial charge on any atom is 0.240 e. The zero-order chi connectivity index (χ0) is 13.2. The van der Waals surface area contributed by atoms with Crippen molar-refractivity contribution in [1.82, 2.24) is 4.72 Å². The van der Waals surface area contributed by atoms with Gasteiger partial charge in [-0.25, -0.2) is 13.1 Å². The summed E-state index contributed by atoms with van der Waals surface area (Å²) in [6, 6.07) is 4.79. The number of halogens is 1. The largest absolute Gasteiger partial charge is 0.496 e. The molecule has 0 radical (unpaired) electrons. The van der Waals surface area contributed by atoms with Crippen LogP contribution in [-0.4, -0.2) is 33.1 Å². The minimum atomic E-state index is -3.44. The Hall–Kier alpha value is -0.240. The van der Waals surface area contributed by atoms with Crippen LogP contribution in [0.15, 0.2) is 27.6 Å². The molecule has 1 heterocycles. The minimum absolute atomic E-state index is 0.0425. The summed E-state index contributed by atoms with van der Waals surface area (Å²) in [5.74, 6) is 2.47. The van der Waals surface area contributed by atoms with Crippen LogP contribution in [0.3, 0.4) is 0 Å². The number of benzene rings is 1. The van der Waals surface area contributed by atoms with Gasteiger partial charge >= 0.3 is 0 Å². The third-order valence-corrected chi connectivity index (χ3v) is 5.99. The average Bonchev–Trinajstić information content (AvgIpc) is 2.81. The quantitative estimate of drug-likeness (QED) is 0.903. The molecule has 0 aliphatic carbocycles. The van der Waals surface area contributed by atoms with E-state index in [2.05, 4.69) is 20.7 Å². The van der Waals surface area contributed by atoms with Gasteiger partial charge in [-0.15, -0.1) is 0 Å². The van der Waals surface area contributed by atoms with Crippen LogP contribution in [0.25, 0.3) is 0 Å². The van der Waals surface area contributed by atoms with Crippen LogP contribution in [0, 0.1) is 0 Å². The summed E-state index contributed by atoms with van der Waals surface area (Å²) in [6.45, 7) is 0. The molecule has 1 fully saturated rings. The van der Waals surface area contributed by atoms with Gasteiger partial charge in [-0.05, 0) is 46.3 Å². The first-order valence-corrected chi connectivity index (χ1v) is 8.89. The molecule has 1 N–H and O–H groups in total. The molecule has 0 bridgehead atoms. The fourth-order valence-corrected chi connectivity index (χ4v) is 4.98. The molecular weight excluding hydrogens is 338 g/mol. The fraction of sp³-hybridized carbons (Fsp3) is 0.455. The molecule has 100 valence electrons. The highest BCUT2D eigenvalue weighted by molar-refractivity contribution is 9.10. The molecule has 2 rings (SSSR count). The molecule has 1 aliphatic rings. The third kappa shape index (κ3) is 3.20. The molecule has 1 aliphatic heterocycles. The average molecular weight is 352 g/mol. The van der Waals surface area contributed by atoms with Crippen LogP contribution in [0.1, 0.15) is 6.42 Å². The third-order valence-electron chi connectivity index (χ3n) is 2.69. The van der Waals surface area contributed by atoms with Crippen LogP contribution in [-0.2, 0) is 10.0 Å². The molecule has 1 atom stereocenters. The van der Waals surface area contributed by atoms with E-state index in [0.29, 0.717) is 10.2 Å². The number of nitrogens with one attached hydrogen (secondary N) is 1. The summed E-state index contributed by atoms with van der Waals surface area (Å²) >= 11 is 5.06. The number of sulfonamides is 1. The van der Waals surface area contributed by atoms with Crippen molar-refractivity contribution in [2.75, 3.05) is 18.6 Å². The summed E-state index contributed by atoms with van der Waals surface area (Å²) in [4.78, 5) is 0.257. The van der Waals surface area contributed by atoms with Gasteiger partial charge in [0.05, 0.1) is 16.5 Å². The second-order valence-electron chi connectivity index (χ2n) is 3.98. The molecule has 0 spiro atoms. The Balaban J connectivity index is 2.21. The van der Waals surface area contributed by atoms with E-state index in [0.717, 1.165) is 17.9 Å². The molecule has 18 heavy (non-hydrogen) atoms. The van der Waals surface area contributed by atoms with Gasteiger partial charge in [0, 0.05) is 11.8 Å². The van der Waals surface area contributed by atoms with Gasteiger partial charge in [-0.1, -0.05) is 0 Å². The Morgan fingerprint density at radius 1 is 1.50 bits per heavy atom. The lowest BCUT2D eigenvalue weighted by Crippen LogP contribution is -2.34. The predicted molar refractivity (Wildman–Crippen MR) is 76.7 cm³/mol. The van der Waals surface area contributed by atoms with Crippen molar-refractivity contribution in [2.45, 2.75) is 17.4 Å². The molecule has 1 saturated heterocycles. The van der Waals surface area contributed by atoms with Crippen molar-refractivity contribution in [1.29, 1.82) is 0 Å². The van der Waals surface area contributed by atoms with Crippen molar-refractivity contribution in [3.63, 3.8) is 0 Å². The first-order valence-electron chi connectivity index (χ1n) is 5.46. The van der Waals surface area contributed by atoms with Gasteiger partial charge in [0.2, 0.25) is 10.0 Å². The molecule has 0 amide bonds. The number of ether oxygens (including phenoxy) is 1. The van der Waals surface area contributed by atoms with Gasteiger partial charge in [0.15, 0.2) is 0 Å². The van der Waals surface area contributed by atoms with Crippen LogP contribution in [0.5, 0.6) is 5.75 Å². The summed E-state index contributed by atoms with van der Waals surface area (Å²) in [5.41, 5.74) is 0. The molecular formula is C11H14BrNO3S2. The zero-order valence-electron chi connectivity index (χ0n) is 9.85. The van der Waals surface area contributed by atoms with Crippen molar-refractivity contribution < 1.29 is 13.2 Å². The molecule has 1 unspecified atom stereocenters. The second kappa shape index (κ2) is 5.81. The van der Waals surface area contributed by atoms with Gasteiger partial charge in [0.1, 0.15) is 5.75 Å². The van der Waals surface area contributed by atoms with Crippen LogP contribution in [0.2, 0.25) is 0 Å². The smallest absolute Gasteiger partial charge is 0.240 e. The Morgan fingerprint density at radius 3 is 2.83 bits per heavy atom. The van der Waals surface area contributed by atoms with E-state index in [4.69, 9.17) is 4.74 Å². The maximum absolute atomic E-state index is 12.2. The summed E-state index contributed by atoms with van der Waals surface area (Å²) < 4.78 is 32.8. The van der Waals surface area contributed by atoms with E-state index in [1.807, 2.05) is 0 Å². The topological polar surface area (TPSA) is 55.4 Å². The Kier molecular flexibility index (Phi) is 4.58. The van der Waals surface area contributed by atoms with Crippen molar-refractivity contribution in [2.24, 2.45) is 0 Å². The second-order valence-corrected chi connectivity index (χ2v) is 7.70. The molecule has 1 aromatic carbocycles. The molecule has 0 aromatic heterocycles. The number of rotatable bonds is 4. The molecule has 1 aromatic rings.